The lowest BCUT2D eigenvalue weighted by Gasteiger charge is -2.16. The highest BCUT2D eigenvalue weighted by molar-refractivity contribution is 7.86. The summed E-state index contributed by atoms with van der Waals surface area (Å²) in [5.41, 5.74) is 0.809. The zero-order valence-corrected chi connectivity index (χ0v) is 10.6. The van der Waals surface area contributed by atoms with Crippen molar-refractivity contribution >= 4 is 16.2 Å². The van der Waals surface area contributed by atoms with E-state index < -0.39 is 22.8 Å². The van der Waals surface area contributed by atoms with E-state index in [1.54, 1.807) is 29.2 Å². The lowest BCUT2D eigenvalue weighted by atomic mass is 10.2. The maximum Gasteiger partial charge on any atom is 0.331 e. The molecule has 0 bridgehead atoms. The summed E-state index contributed by atoms with van der Waals surface area (Å²) < 4.78 is 24.2. The smallest absolute Gasteiger partial charge is 0.331 e. The van der Waals surface area contributed by atoms with Crippen molar-refractivity contribution in [1.82, 2.24) is 9.19 Å². The normalized spacial score (nSPS) is 11.7. The number of carboxylic acid groups (broad SMARTS) is 1. The van der Waals surface area contributed by atoms with Crippen LogP contribution in [0.25, 0.3) is 0 Å². The van der Waals surface area contributed by atoms with E-state index in [1.807, 2.05) is 6.07 Å². The molecule has 0 atom stereocenters. The van der Waals surface area contributed by atoms with Crippen LogP contribution >= 0.6 is 0 Å². The van der Waals surface area contributed by atoms with Crippen molar-refractivity contribution < 1.29 is 23.2 Å². The molecule has 0 heterocycles. The molecule has 100 valence electrons. The molecule has 0 aliphatic carbocycles. The number of carboxylic acids is 1. The molecule has 0 saturated carbocycles. The van der Waals surface area contributed by atoms with Gasteiger partial charge >= 0.3 is 16.2 Å². The Kier molecular flexibility index (Phi) is 5.23. The number of carbonyl (C=O) groups is 1. The monoisotopic (exact) mass is 274 g/mol. The third kappa shape index (κ3) is 4.80. The molecule has 2 N–H and O–H groups in total. The molecule has 8 heteroatoms. The van der Waals surface area contributed by atoms with Crippen molar-refractivity contribution in [1.29, 1.82) is 0 Å². The fraction of sp³-hybridized carbons (Fsp3) is 0.300. The van der Waals surface area contributed by atoms with Gasteiger partial charge in [0.2, 0.25) is 0 Å². The second-order valence-corrected chi connectivity index (χ2v) is 5.25. The maximum atomic E-state index is 11.6. The summed E-state index contributed by atoms with van der Waals surface area (Å²) in [6.45, 7) is -0.578. The number of aliphatic carboxylic acids is 1. The van der Waals surface area contributed by atoms with Crippen LogP contribution < -0.4 is 4.89 Å². The summed E-state index contributed by atoms with van der Waals surface area (Å²) in [5.74, 6) is -1.26. The molecule has 7 nitrogen and oxygen atoms in total. The highest BCUT2D eigenvalue weighted by atomic mass is 32.2. The van der Waals surface area contributed by atoms with Crippen LogP contribution in [0.1, 0.15) is 5.56 Å². The molecule has 1 rings (SSSR count). The number of hydrogen-bond donors (Lipinski definition) is 2. The average Bonchev–Trinajstić information content (AvgIpc) is 2.29. The predicted octanol–water partition coefficient (Wildman–Crippen LogP) is -0.0310. The summed E-state index contributed by atoms with van der Waals surface area (Å²) in [6.07, 6.45) is 0. The predicted molar refractivity (Wildman–Crippen MR) is 63.6 cm³/mol. The van der Waals surface area contributed by atoms with Crippen LogP contribution in [0.15, 0.2) is 30.3 Å². The summed E-state index contributed by atoms with van der Waals surface area (Å²) >= 11 is 0. The Labute approximate surface area is 105 Å². The van der Waals surface area contributed by atoms with E-state index in [9.17, 15) is 13.2 Å². The van der Waals surface area contributed by atoms with E-state index in [4.69, 9.17) is 5.11 Å². The van der Waals surface area contributed by atoms with Crippen molar-refractivity contribution in [2.75, 3.05) is 13.7 Å². The Hall–Kier alpha value is -1.48. The van der Waals surface area contributed by atoms with Gasteiger partial charge in [0.25, 0.3) is 0 Å². The Morgan fingerprint density at radius 2 is 2.00 bits per heavy atom. The van der Waals surface area contributed by atoms with Crippen LogP contribution in [0.5, 0.6) is 0 Å². The maximum absolute atomic E-state index is 11.6. The molecule has 1 aromatic carbocycles. The number of hydrogen-bond acceptors (Lipinski definition) is 4. The largest absolute Gasteiger partial charge is 0.479 e. The quantitative estimate of drug-likeness (QED) is 0.681. The van der Waals surface area contributed by atoms with Crippen molar-refractivity contribution in [2.45, 2.75) is 6.54 Å². The fourth-order valence-electron chi connectivity index (χ4n) is 1.15. The van der Waals surface area contributed by atoms with Crippen molar-refractivity contribution in [3.63, 3.8) is 0 Å². The number of benzene rings is 1. The van der Waals surface area contributed by atoms with E-state index in [1.165, 1.54) is 7.05 Å². The molecule has 0 aromatic heterocycles. The molecule has 0 unspecified atom stereocenters. The lowest BCUT2D eigenvalue weighted by Crippen LogP contribution is -2.38. The van der Waals surface area contributed by atoms with Crippen LogP contribution in [0.2, 0.25) is 0 Å². The van der Waals surface area contributed by atoms with E-state index in [0.717, 1.165) is 9.87 Å². The van der Waals surface area contributed by atoms with Gasteiger partial charge < -0.3 is 5.11 Å². The molecule has 0 saturated heterocycles. The molecular formula is C10H14N2O5S. The topological polar surface area (TPSA) is 95.9 Å². The van der Waals surface area contributed by atoms with Gasteiger partial charge in [-0.3, -0.25) is 4.84 Å². The van der Waals surface area contributed by atoms with E-state index in [2.05, 4.69) is 4.84 Å². The minimum absolute atomic E-state index is 0.159. The fourth-order valence-corrected chi connectivity index (χ4v) is 1.81. The highest BCUT2D eigenvalue weighted by Gasteiger charge is 2.18. The molecule has 0 amide bonds. The molecule has 18 heavy (non-hydrogen) atoms. The van der Waals surface area contributed by atoms with Crippen molar-refractivity contribution in [2.24, 2.45) is 0 Å². The third-order valence-corrected chi connectivity index (χ3v) is 3.30. The van der Waals surface area contributed by atoms with Crippen LogP contribution in [0.4, 0.5) is 0 Å². The van der Waals surface area contributed by atoms with E-state index in [-0.39, 0.29) is 6.54 Å². The van der Waals surface area contributed by atoms with E-state index >= 15 is 0 Å². The van der Waals surface area contributed by atoms with Crippen molar-refractivity contribution in [3.8, 4) is 0 Å². The number of nitrogens with zero attached hydrogens (tertiary/aromatic N) is 1. The Balaban J connectivity index is 2.54. The van der Waals surface area contributed by atoms with Gasteiger partial charge in [-0.25, -0.2) is 4.79 Å². The van der Waals surface area contributed by atoms with Crippen LogP contribution in [0, 0.1) is 0 Å². The van der Waals surface area contributed by atoms with Gasteiger partial charge in [-0.1, -0.05) is 35.2 Å². The average molecular weight is 274 g/mol. The zero-order valence-electron chi connectivity index (χ0n) is 9.74. The third-order valence-electron chi connectivity index (χ3n) is 2.02. The number of nitrogens with one attached hydrogen (secondary N) is 1. The molecule has 0 aliphatic rings. The van der Waals surface area contributed by atoms with Crippen LogP contribution in [0.3, 0.4) is 0 Å². The molecule has 0 spiro atoms. The van der Waals surface area contributed by atoms with Gasteiger partial charge in [-0.2, -0.15) is 12.7 Å². The number of rotatable bonds is 7. The van der Waals surface area contributed by atoms with Gasteiger partial charge in [-0.05, 0) is 5.56 Å². The molecule has 1 aromatic rings. The zero-order chi connectivity index (χ0) is 13.6. The first-order valence-electron chi connectivity index (χ1n) is 5.02. The molecule has 0 fully saturated rings. The van der Waals surface area contributed by atoms with Gasteiger partial charge in [-0.15, -0.1) is 0 Å². The second-order valence-electron chi connectivity index (χ2n) is 3.51. The Morgan fingerprint density at radius 1 is 1.39 bits per heavy atom. The summed E-state index contributed by atoms with van der Waals surface area (Å²) in [6, 6.07) is 8.98. The molecular weight excluding hydrogens is 260 g/mol. The van der Waals surface area contributed by atoms with Crippen LogP contribution in [-0.2, 0) is 26.4 Å². The van der Waals surface area contributed by atoms with Gasteiger partial charge in [0, 0.05) is 13.6 Å². The Bertz CT molecular complexity index is 488. The summed E-state index contributed by atoms with van der Waals surface area (Å²) in [4.78, 5) is 16.2. The van der Waals surface area contributed by atoms with Gasteiger partial charge in [0.05, 0.1) is 0 Å². The summed E-state index contributed by atoms with van der Waals surface area (Å²) in [5, 5.41) is 8.31. The minimum atomic E-state index is -3.86. The van der Waals surface area contributed by atoms with E-state index in [0.29, 0.717) is 0 Å². The van der Waals surface area contributed by atoms with Crippen LogP contribution in [-0.4, -0.2) is 37.5 Å². The van der Waals surface area contributed by atoms with Gasteiger partial charge in [0.15, 0.2) is 6.61 Å². The van der Waals surface area contributed by atoms with Gasteiger partial charge in [0.1, 0.15) is 0 Å². The standard InChI is InChI=1S/C10H14N2O5S/c1-12(7-9-5-3-2-4-6-9)18(15,16)11-17-8-10(13)14/h2-6,11H,7-8H2,1H3,(H,13,14). The molecule has 0 radical (unpaired) electrons. The lowest BCUT2D eigenvalue weighted by molar-refractivity contribution is -0.143. The first-order valence-corrected chi connectivity index (χ1v) is 6.46. The minimum Gasteiger partial charge on any atom is -0.479 e. The first-order chi connectivity index (χ1) is 8.42. The summed E-state index contributed by atoms with van der Waals surface area (Å²) in [7, 11) is -2.50. The SMILES string of the molecule is CN(Cc1ccccc1)S(=O)(=O)NOCC(=O)O. The Morgan fingerprint density at radius 3 is 2.56 bits per heavy atom. The van der Waals surface area contributed by atoms with Crippen molar-refractivity contribution in [3.05, 3.63) is 35.9 Å². The highest BCUT2D eigenvalue weighted by Crippen LogP contribution is 2.05. The first kappa shape index (κ1) is 14.6. The second kappa shape index (κ2) is 6.45. The molecule has 0 aliphatic heterocycles.